The first-order valence-corrected chi connectivity index (χ1v) is 13.0. The number of benzene rings is 2. The Morgan fingerprint density at radius 2 is 1.64 bits per heavy atom. The number of hydrogen-bond acceptors (Lipinski definition) is 5. The zero-order chi connectivity index (χ0) is 23.4. The molecule has 0 N–H and O–H groups in total. The molecule has 2 aliphatic heterocycles. The van der Waals surface area contributed by atoms with E-state index in [1.165, 1.54) is 28.1 Å². The fourth-order valence-electron chi connectivity index (χ4n) is 4.26. The lowest BCUT2D eigenvalue weighted by molar-refractivity contribution is -0.135. The molecule has 2 aromatic rings. The van der Waals surface area contributed by atoms with E-state index in [9.17, 15) is 18.0 Å². The van der Waals surface area contributed by atoms with Crippen LogP contribution < -0.4 is 0 Å². The number of fused-ring (bicyclic) bond motifs is 1. The van der Waals surface area contributed by atoms with Gasteiger partial charge in [-0.2, -0.15) is 4.31 Å². The smallest absolute Gasteiger partial charge is 0.338 e. The summed E-state index contributed by atoms with van der Waals surface area (Å²) in [7, 11) is -3.83. The van der Waals surface area contributed by atoms with Crippen molar-refractivity contribution in [3.05, 3.63) is 64.2 Å². The molecule has 2 heterocycles. The number of carbonyl (C=O) groups is 2. The van der Waals surface area contributed by atoms with Gasteiger partial charge in [-0.1, -0.05) is 48.7 Å². The number of amides is 1. The quantitative estimate of drug-likeness (QED) is 0.597. The summed E-state index contributed by atoms with van der Waals surface area (Å²) in [6.45, 7) is 1.50. The summed E-state index contributed by atoms with van der Waals surface area (Å²) < 4.78 is 32.9. The summed E-state index contributed by atoms with van der Waals surface area (Å²) in [6, 6.07) is 12.0. The minimum absolute atomic E-state index is 0.0459. The van der Waals surface area contributed by atoms with Crippen LogP contribution in [0.15, 0.2) is 47.4 Å². The van der Waals surface area contributed by atoms with Crippen LogP contribution in [0.5, 0.6) is 0 Å². The van der Waals surface area contributed by atoms with Crippen molar-refractivity contribution >= 4 is 33.5 Å². The van der Waals surface area contributed by atoms with Gasteiger partial charge in [-0.3, -0.25) is 4.79 Å². The summed E-state index contributed by atoms with van der Waals surface area (Å²) in [5, 5.41) is 0.0545. The van der Waals surface area contributed by atoms with Crippen LogP contribution in [0.4, 0.5) is 0 Å². The number of hydrogen-bond donors (Lipinski definition) is 0. The first-order chi connectivity index (χ1) is 15.9. The van der Waals surface area contributed by atoms with Crippen molar-refractivity contribution in [2.75, 3.05) is 26.2 Å². The lowest BCUT2D eigenvalue weighted by atomic mass is 10.00. The second kappa shape index (κ2) is 10.2. The fourth-order valence-corrected chi connectivity index (χ4v) is 6.28. The van der Waals surface area contributed by atoms with Gasteiger partial charge in [-0.25, -0.2) is 13.2 Å². The van der Waals surface area contributed by atoms with Crippen LogP contribution >= 0.6 is 11.6 Å². The highest BCUT2D eigenvalue weighted by molar-refractivity contribution is 7.89. The van der Waals surface area contributed by atoms with E-state index in [2.05, 4.69) is 6.07 Å². The monoisotopic (exact) mass is 490 g/mol. The Kier molecular flexibility index (Phi) is 7.36. The maximum absolute atomic E-state index is 13.1. The number of sulfonamides is 1. The van der Waals surface area contributed by atoms with Crippen LogP contribution in [-0.2, 0) is 32.5 Å². The van der Waals surface area contributed by atoms with Crippen molar-refractivity contribution in [1.82, 2.24) is 9.21 Å². The highest BCUT2D eigenvalue weighted by atomic mass is 35.5. The molecule has 0 atom stereocenters. The standard InChI is InChI=1S/C24H27ClN2O5S/c25-21-10-9-19(15-22(21)33(30,31)27-12-5-1-2-6-13-27)24(29)32-17-23(28)26-14-11-18-7-3-4-8-20(18)16-26/h3-4,7-10,15H,1-2,5-6,11-14,16-17H2. The van der Waals surface area contributed by atoms with Gasteiger partial charge < -0.3 is 9.64 Å². The lowest BCUT2D eigenvalue weighted by Crippen LogP contribution is -2.38. The van der Waals surface area contributed by atoms with Crippen molar-refractivity contribution < 1.29 is 22.7 Å². The third-order valence-corrected chi connectivity index (χ3v) is 8.54. The molecule has 1 fully saturated rings. The van der Waals surface area contributed by atoms with Gasteiger partial charge in [0, 0.05) is 26.2 Å². The van der Waals surface area contributed by atoms with Crippen molar-refractivity contribution in [3.8, 4) is 0 Å². The topological polar surface area (TPSA) is 84.0 Å². The van der Waals surface area contributed by atoms with Gasteiger partial charge in [0.2, 0.25) is 10.0 Å². The molecule has 0 bridgehead atoms. The maximum atomic E-state index is 13.1. The number of halogens is 1. The Bertz CT molecular complexity index is 1140. The summed E-state index contributed by atoms with van der Waals surface area (Å²) in [4.78, 5) is 26.7. The zero-order valence-electron chi connectivity index (χ0n) is 18.3. The van der Waals surface area contributed by atoms with E-state index >= 15 is 0 Å². The second-order valence-corrected chi connectivity index (χ2v) is 10.7. The molecule has 0 aliphatic carbocycles. The van der Waals surface area contributed by atoms with Crippen LogP contribution in [0.2, 0.25) is 5.02 Å². The molecule has 0 aromatic heterocycles. The van der Waals surface area contributed by atoms with E-state index in [1.807, 2.05) is 18.2 Å². The van der Waals surface area contributed by atoms with E-state index in [-0.39, 0.29) is 21.4 Å². The molecule has 0 saturated carbocycles. The molecular weight excluding hydrogens is 464 g/mol. The minimum atomic E-state index is -3.83. The van der Waals surface area contributed by atoms with Crippen LogP contribution in [0.3, 0.4) is 0 Å². The summed E-state index contributed by atoms with van der Waals surface area (Å²) in [5.74, 6) is -1.05. The van der Waals surface area contributed by atoms with Crippen molar-refractivity contribution in [3.63, 3.8) is 0 Å². The molecule has 7 nitrogen and oxygen atoms in total. The van der Waals surface area contributed by atoms with Gasteiger partial charge >= 0.3 is 5.97 Å². The SMILES string of the molecule is O=C(OCC(=O)N1CCc2ccccc2C1)c1ccc(Cl)c(S(=O)(=O)N2CCCCCC2)c1. The summed E-state index contributed by atoms with van der Waals surface area (Å²) >= 11 is 6.20. The molecule has 0 unspecified atom stereocenters. The van der Waals surface area contributed by atoms with Gasteiger partial charge in [-0.05, 0) is 48.6 Å². The largest absolute Gasteiger partial charge is 0.452 e. The zero-order valence-corrected chi connectivity index (χ0v) is 19.9. The molecule has 4 rings (SSSR count). The highest BCUT2D eigenvalue weighted by Crippen LogP contribution is 2.28. The molecule has 33 heavy (non-hydrogen) atoms. The van der Waals surface area contributed by atoms with E-state index < -0.39 is 22.6 Å². The third kappa shape index (κ3) is 5.39. The second-order valence-electron chi connectivity index (χ2n) is 8.37. The predicted octanol–water partition coefficient (Wildman–Crippen LogP) is 3.65. The molecule has 9 heteroatoms. The van der Waals surface area contributed by atoms with E-state index in [1.54, 1.807) is 4.90 Å². The minimum Gasteiger partial charge on any atom is -0.452 e. The summed E-state index contributed by atoms with van der Waals surface area (Å²) in [6.07, 6.45) is 4.32. The molecule has 0 radical (unpaired) electrons. The number of ether oxygens (including phenoxy) is 1. The maximum Gasteiger partial charge on any atom is 0.338 e. The first-order valence-electron chi connectivity index (χ1n) is 11.2. The highest BCUT2D eigenvalue weighted by Gasteiger charge is 2.29. The predicted molar refractivity (Wildman–Crippen MR) is 125 cm³/mol. The van der Waals surface area contributed by atoms with Crippen molar-refractivity contribution in [2.24, 2.45) is 0 Å². The normalized spacial score (nSPS) is 17.2. The third-order valence-electron chi connectivity index (χ3n) is 6.16. The first kappa shape index (κ1) is 23.7. The van der Waals surface area contributed by atoms with Gasteiger partial charge in [0.05, 0.1) is 10.6 Å². The van der Waals surface area contributed by atoms with Crippen LogP contribution in [0, 0.1) is 0 Å². The van der Waals surface area contributed by atoms with Crippen LogP contribution in [0.1, 0.15) is 47.2 Å². The van der Waals surface area contributed by atoms with Gasteiger partial charge in [0.15, 0.2) is 6.61 Å². The molecular formula is C24H27ClN2O5S. The molecule has 1 amide bonds. The molecule has 2 aliphatic rings. The Labute approximate surface area is 199 Å². The Hall–Kier alpha value is -2.42. The van der Waals surface area contributed by atoms with Gasteiger partial charge in [0.1, 0.15) is 4.90 Å². The van der Waals surface area contributed by atoms with Gasteiger partial charge in [-0.15, -0.1) is 0 Å². The number of carbonyl (C=O) groups excluding carboxylic acids is 2. The number of nitrogens with zero attached hydrogens (tertiary/aromatic N) is 2. The number of esters is 1. The molecule has 1 saturated heterocycles. The Morgan fingerprint density at radius 3 is 2.36 bits per heavy atom. The van der Waals surface area contributed by atoms with Crippen LogP contribution in [0.25, 0.3) is 0 Å². The summed E-state index contributed by atoms with van der Waals surface area (Å²) in [5.41, 5.74) is 2.35. The molecule has 2 aromatic carbocycles. The average Bonchev–Trinajstić information content (AvgIpc) is 3.12. The van der Waals surface area contributed by atoms with Crippen molar-refractivity contribution in [2.45, 2.75) is 43.5 Å². The Balaban J connectivity index is 1.42. The van der Waals surface area contributed by atoms with E-state index in [0.29, 0.717) is 26.2 Å². The van der Waals surface area contributed by atoms with E-state index in [4.69, 9.17) is 16.3 Å². The van der Waals surface area contributed by atoms with Crippen molar-refractivity contribution in [1.29, 1.82) is 0 Å². The van der Waals surface area contributed by atoms with Crippen LogP contribution in [-0.4, -0.2) is 55.7 Å². The molecule has 176 valence electrons. The molecule has 0 spiro atoms. The van der Waals surface area contributed by atoms with Gasteiger partial charge in [0.25, 0.3) is 5.91 Å². The Morgan fingerprint density at radius 1 is 0.939 bits per heavy atom. The average molecular weight is 491 g/mol. The number of rotatable bonds is 5. The fraction of sp³-hybridized carbons (Fsp3) is 0.417. The van der Waals surface area contributed by atoms with E-state index in [0.717, 1.165) is 37.7 Å². The lowest BCUT2D eigenvalue weighted by Gasteiger charge is -2.28.